The maximum atomic E-state index is 11.6. The summed E-state index contributed by atoms with van der Waals surface area (Å²) in [4.78, 5) is 11.6. The van der Waals surface area contributed by atoms with Crippen molar-refractivity contribution >= 4 is 51.7 Å². The number of carbonyl (C=O) groups is 1. The van der Waals surface area contributed by atoms with E-state index in [1.807, 2.05) is 31.7 Å². The van der Waals surface area contributed by atoms with E-state index in [1.165, 1.54) is 0 Å². The Morgan fingerprint density at radius 1 is 1.38 bits per heavy atom. The summed E-state index contributed by atoms with van der Waals surface area (Å²) in [6, 6.07) is 10.1. The maximum absolute atomic E-state index is 11.6. The summed E-state index contributed by atoms with van der Waals surface area (Å²) in [5.74, 6) is -0.00954. The summed E-state index contributed by atoms with van der Waals surface area (Å²) >= 11 is 4.39. The van der Waals surface area contributed by atoms with Crippen LogP contribution in [0.4, 0.5) is 0 Å². The Balaban J connectivity index is 1.78. The summed E-state index contributed by atoms with van der Waals surface area (Å²) in [5.41, 5.74) is 1.04. The summed E-state index contributed by atoms with van der Waals surface area (Å²) in [6.07, 6.45) is 0.916. The third-order valence-electron chi connectivity index (χ3n) is 2.53. The molecule has 2 unspecified atom stereocenters. The summed E-state index contributed by atoms with van der Waals surface area (Å²) in [6.45, 7) is 0.380. The number of halogens is 2. The topological polar surface area (TPSA) is 29.5 Å². The molecule has 1 aliphatic rings. The van der Waals surface area contributed by atoms with Crippen LogP contribution in [0, 0.1) is 5.92 Å². The predicted octanol–water partition coefficient (Wildman–Crippen LogP) is 3.12. The molecule has 2 atom stereocenters. The number of benzene rings is 1. The molecule has 0 aliphatic heterocycles. The van der Waals surface area contributed by atoms with Crippen molar-refractivity contribution in [3.05, 3.63) is 35.9 Å². The smallest absolute Gasteiger partial charge is 0.310 e. The molecule has 1 fully saturated rings. The first kappa shape index (κ1) is 12.6. The quantitative estimate of drug-likeness (QED) is 0.407. The Hall–Kier alpha value is 0.110. The van der Waals surface area contributed by atoms with Crippen LogP contribution in [0.5, 0.6) is 0 Å². The van der Waals surface area contributed by atoms with E-state index in [0.29, 0.717) is 12.6 Å². The number of esters is 1. The molecule has 0 radical (unpaired) electrons. The molecule has 16 heavy (non-hydrogen) atoms. The molecule has 0 bridgehead atoms. The lowest BCUT2D eigenvalue weighted by Gasteiger charge is -2.05. The van der Waals surface area contributed by atoms with Crippen LogP contribution in [0.25, 0.3) is 0 Å². The van der Waals surface area contributed by atoms with E-state index in [0.717, 1.165) is 12.0 Å². The van der Waals surface area contributed by atoms with Gasteiger partial charge in [0.25, 0.3) is 0 Å². The van der Waals surface area contributed by atoms with E-state index < -0.39 is 0 Å². The molecule has 5 heteroatoms. The molecule has 1 aromatic rings. The lowest BCUT2D eigenvalue weighted by Crippen LogP contribution is -2.12. The Morgan fingerprint density at radius 2 is 2.06 bits per heavy atom. The molecule has 0 heterocycles. The van der Waals surface area contributed by atoms with E-state index >= 15 is 0 Å². The lowest BCUT2D eigenvalue weighted by molar-refractivity contribution is -0.146. The molecule has 3 nitrogen and oxygen atoms in total. The van der Waals surface area contributed by atoms with E-state index in [1.54, 1.807) is 0 Å². The number of nitrogens with zero attached hydrogens (tertiary/aromatic N) is 1. The zero-order chi connectivity index (χ0) is 11.5. The molecule has 0 spiro atoms. The molecule has 0 aromatic heterocycles. The normalized spacial score (nSPS) is 23.2. The Bertz CT molecular complexity index is 370. The predicted molar refractivity (Wildman–Crippen MR) is 78.0 cm³/mol. The van der Waals surface area contributed by atoms with Crippen molar-refractivity contribution in [1.82, 2.24) is 1.33 Å². The van der Waals surface area contributed by atoms with Crippen LogP contribution in [-0.2, 0) is 16.1 Å². The van der Waals surface area contributed by atoms with Crippen LogP contribution in [-0.4, -0.2) is 13.3 Å². The van der Waals surface area contributed by atoms with Crippen molar-refractivity contribution in [2.24, 2.45) is 5.92 Å². The molecule has 0 amide bonds. The van der Waals surface area contributed by atoms with Gasteiger partial charge in [0, 0.05) is 51.8 Å². The fourth-order valence-corrected chi connectivity index (χ4v) is 2.72. The lowest BCUT2D eigenvalue weighted by atomic mass is 10.2. The van der Waals surface area contributed by atoms with Crippen LogP contribution >= 0.6 is 45.7 Å². The van der Waals surface area contributed by atoms with Gasteiger partial charge in [0.2, 0.25) is 0 Å². The van der Waals surface area contributed by atoms with Crippen molar-refractivity contribution in [2.75, 3.05) is 0 Å². The average Bonchev–Trinajstić information content (AvgIpc) is 3.07. The highest BCUT2D eigenvalue weighted by molar-refractivity contribution is 14.2. The van der Waals surface area contributed by atoms with Crippen molar-refractivity contribution in [3.8, 4) is 0 Å². The molecule has 1 aromatic carbocycles. The van der Waals surface area contributed by atoms with Crippen LogP contribution in [0.2, 0.25) is 0 Å². The van der Waals surface area contributed by atoms with E-state index in [9.17, 15) is 4.79 Å². The second kappa shape index (κ2) is 5.63. The summed E-state index contributed by atoms with van der Waals surface area (Å²) in [5, 5.41) is 0. The molecular formula is C11H11I2NO2. The fraction of sp³-hybridized carbons (Fsp3) is 0.364. The van der Waals surface area contributed by atoms with Gasteiger partial charge in [-0.15, -0.1) is 0 Å². The number of carbonyl (C=O) groups excluding carboxylic acids is 1. The highest BCUT2D eigenvalue weighted by Crippen LogP contribution is 2.40. The third-order valence-corrected chi connectivity index (χ3v) is 3.97. The zero-order valence-corrected chi connectivity index (χ0v) is 12.8. The van der Waals surface area contributed by atoms with Gasteiger partial charge in [-0.05, 0) is 12.0 Å². The fourth-order valence-electron chi connectivity index (χ4n) is 1.49. The second-order valence-corrected chi connectivity index (χ2v) is 7.69. The first-order valence-corrected chi connectivity index (χ1v) is 6.93. The minimum absolute atomic E-state index is 0.0671. The van der Waals surface area contributed by atoms with E-state index in [2.05, 4.69) is 45.7 Å². The van der Waals surface area contributed by atoms with Crippen molar-refractivity contribution in [2.45, 2.75) is 19.1 Å². The van der Waals surface area contributed by atoms with Crippen LogP contribution in [0.3, 0.4) is 0 Å². The Morgan fingerprint density at radius 3 is 2.62 bits per heavy atom. The monoisotopic (exact) mass is 443 g/mol. The number of hydrogen-bond donors (Lipinski definition) is 0. The number of ether oxygens (including phenoxy) is 1. The minimum atomic E-state index is -0.0767. The number of rotatable bonds is 4. The Kier molecular flexibility index (Phi) is 4.42. The molecular weight excluding hydrogens is 432 g/mol. The van der Waals surface area contributed by atoms with Gasteiger partial charge in [-0.25, -0.2) is 0 Å². The molecule has 2 rings (SSSR count). The molecule has 1 saturated carbocycles. The van der Waals surface area contributed by atoms with E-state index in [-0.39, 0.29) is 11.9 Å². The number of hydrogen-bond acceptors (Lipinski definition) is 3. The van der Waals surface area contributed by atoms with Crippen LogP contribution in [0.15, 0.2) is 30.3 Å². The second-order valence-electron chi connectivity index (χ2n) is 3.76. The molecule has 0 N–H and O–H groups in total. The van der Waals surface area contributed by atoms with E-state index in [4.69, 9.17) is 4.74 Å². The van der Waals surface area contributed by atoms with Gasteiger partial charge in [-0.2, -0.15) is 1.33 Å². The van der Waals surface area contributed by atoms with Crippen molar-refractivity contribution < 1.29 is 9.53 Å². The van der Waals surface area contributed by atoms with Gasteiger partial charge in [0.05, 0.1) is 5.92 Å². The van der Waals surface area contributed by atoms with Gasteiger partial charge < -0.3 is 4.74 Å². The van der Waals surface area contributed by atoms with Crippen molar-refractivity contribution in [1.29, 1.82) is 0 Å². The first-order chi connectivity index (χ1) is 7.68. The standard InChI is InChI=1S/C11H11I2NO2/c12-14(13)10-6-9(10)11(15)16-7-8-4-2-1-3-5-8/h1-5,9-10H,6-7H2. The molecule has 86 valence electrons. The van der Waals surface area contributed by atoms with Gasteiger partial charge >= 0.3 is 5.97 Å². The SMILES string of the molecule is O=C(OCc1ccccc1)C1CC1N(I)I. The summed E-state index contributed by atoms with van der Waals surface area (Å²) in [7, 11) is 0. The van der Waals surface area contributed by atoms with Gasteiger partial charge in [-0.1, -0.05) is 30.3 Å². The molecule has 0 saturated heterocycles. The third kappa shape index (κ3) is 3.30. The zero-order valence-electron chi connectivity index (χ0n) is 8.48. The van der Waals surface area contributed by atoms with Gasteiger partial charge in [0.1, 0.15) is 6.61 Å². The maximum Gasteiger partial charge on any atom is 0.310 e. The van der Waals surface area contributed by atoms with Crippen LogP contribution < -0.4 is 0 Å². The minimum Gasteiger partial charge on any atom is -0.461 e. The highest BCUT2D eigenvalue weighted by Gasteiger charge is 2.47. The first-order valence-electron chi connectivity index (χ1n) is 5.00. The summed E-state index contributed by atoms with van der Waals surface area (Å²) < 4.78 is 7.28. The Labute approximate surface area is 123 Å². The largest absolute Gasteiger partial charge is 0.461 e. The van der Waals surface area contributed by atoms with Gasteiger partial charge in [-0.3, -0.25) is 4.79 Å². The van der Waals surface area contributed by atoms with Crippen molar-refractivity contribution in [3.63, 3.8) is 0 Å². The highest BCUT2D eigenvalue weighted by atomic mass is 127. The van der Waals surface area contributed by atoms with Gasteiger partial charge in [0.15, 0.2) is 0 Å². The average molecular weight is 443 g/mol. The van der Waals surface area contributed by atoms with Crippen LogP contribution in [0.1, 0.15) is 12.0 Å². The molecule has 1 aliphatic carbocycles.